The third kappa shape index (κ3) is 25.6. The van der Waals surface area contributed by atoms with Gasteiger partial charge in [0.15, 0.2) is 5.96 Å². The van der Waals surface area contributed by atoms with Gasteiger partial charge in [0.2, 0.25) is 41.4 Å². The van der Waals surface area contributed by atoms with E-state index in [4.69, 9.17) is 30.4 Å². The van der Waals surface area contributed by atoms with Gasteiger partial charge < -0.3 is 72.7 Å². The Morgan fingerprint density at radius 3 is 1.86 bits per heavy atom. The third-order valence-corrected chi connectivity index (χ3v) is 9.03. The lowest BCUT2D eigenvalue weighted by molar-refractivity contribution is -0.141. The lowest BCUT2D eigenvalue weighted by Gasteiger charge is -2.26. The molecule has 0 unspecified atom stereocenters. The molecule has 4 atom stereocenters. The van der Waals surface area contributed by atoms with Gasteiger partial charge in [-0.15, -0.1) is 0 Å². The fourth-order valence-corrected chi connectivity index (χ4v) is 5.85. The van der Waals surface area contributed by atoms with Crippen molar-refractivity contribution in [2.24, 2.45) is 16.5 Å². The molecule has 1 aromatic rings. The van der Waals surface area contributed by atoms with Gasteiger partial charge in [0.25, 0.3) is 0 Å². The van der Waals surface area contributed by atoms with Gasteiger partial charge in [0.1, 0.15) is 24.2 Å². The highest BCUT2D eigenvalue weighted by Gasteiger charge is 2.33. The Labute approximate surface area is 366 Å². The minimum atomic E-state index is -1.60. The topological polar surface area (TPSA) is 342 Å². The summed E-state index contributed by atoms with van der Waals surface area (Å²) < 4.78 is 21.6. The van der Waals surface area contributed by atoms with Crippen molar-refractivity contribution >= 4 is 53.3 Å². The standard InChI is InChI=1S/C40H64N10O13/c1-27(51)43-15-17-61-19-21-63-23-22-62-20-18-60-16-12-33(52)44-13-6-5-10-30-38(58)49-31(24-28-8-3-2-4-9-28)39(59)50-32(25-35(54)55)36(56)46-26-34(53)47-29(37(57)48-30)11-7-14-45-40(41)42/h2-4,8-9,29-32H,5-7,10-26H2,1H3,(H,43,51)(H,44,52)(H,46,56)(H,47,53)(H,48,57)(H,49,58)(H,50,59)(H,54,55)(H4,41,42,45)/t29-,30-,31+,32-/m1/s1. The quantitative estimate of drug-likeness (QED) is 0.0224. The van der Waals surface area contributed by atoms with E-state index in [0.717, 1.165) is 0 Å². The number of nitrogens with one attached hydrogen (secondary N) is 7. The molecule has 7 amide bonds. The second-order valence-corrected chi connectivity index (χ2v) is 14.3. The molecule has 12 N–H and O–H groups in total. The van der Waals surface area contributed by atoms with Crippen molar-refractivity contribution in [1.82, 2.24) is 37.2 Å². The van der Waals surface area contributed by atoms with Crippen LogP contribution >= 0.6 is 0 Å². The van der Waals surface area contributed by atoms with Crippen LogP contribution in [0.1, 0.15) is 57.4 Å². The van der Waals surface area contributed by atoms with Crippen molar-refractivity contribution in [3.05, 3.63) is 35.9 Å². The summed E-state index contributed by atoms with van der Waals surface area (Å²) in [6.07, 6.45) is 0.306. The van der Waals surface area contributed by atoms with Crippen LogP contribution in [0.2, 0.25) is 0 Å². The van der Waals surface area contributed by atoms with Crippen molar-refractivity contribution in [2.45, 2.75) is 82.5 Å². The van der Waals surface area contributed by atoms with Gasteiger partial charge in [-0.3, -0.25) is 43.3 Å². The molecule has 0 spiro atoms. The maximum absolute atomic E-state index is 13.9. The number of aliphatic imine (C=N–C) groups is 1. The first-order chi connectivity index (χ1) is 30.2. The van der Waals surface area contributed by atoms with E-state index in [1.807, 2.05) is 0 Å². The van der Waals surface area contributed by atoms with Crippen LogP contribution in [0.5, 0.6) is 0 Å². The number of nitrogens with zero attached hydrogens (tertiary/aromatic N) is 1. The minimum Gasteiger partial charge on any atom is -0.481 e. The van der Waals surface area contributed by atoms with Crippen molar-refractivity contribution in [3.63, 3.8) is 0 Å². The number of carbonyl (C=O) groups is 8. The summed E-state index contributed by atoms with van der Waals surface area (Å²) in [5.74, 6) is -6.06. The average Bonchev–Trinajstić information content (AvgIpc) is 3.23. The number of hydrogen-bond donors (Lipinski definition) is 10. The third-order valence-electron chi connectivity index (χ3n) is 9.03. The molecule has 1 fully saturated rings. The van der Waals surface area contributed by atoms with Gasteiger partial charge in [0, 0.05) is 39.4 Å². The number of hydrogen-bond acceptors (Lipinski definition) is 13. The van der Waals surface area contributed by atoms with Crippen LogP contribution in [-0.2, 0) is 63.7 Å². The molecule has 0 radical (unpaired) electrons. The summed E-state index contributed by atoms with van der Waals surface area (Å²) in [5.41, 5.74) is 11.5. The van der Waals surface area contributed by atoms with Gasteiger partial charge in [-0.2, -0.15) is 0 Å². The molecule has 0 aliphatic carbocycles. The molecule has 0 aromatic heterocycles. The van der Waals surface area contributed by atoms with E-state index in [2.05, 4.69) is 42.2 Å². The van der Waals surface area contributed by atoms with Crippen molar-refractivity contribution in [2.75, 3.05) is 79.0 Å². The van der Waals surface area contributed by atoms with Crippen molar-refractivity contribution in [1.29, 1.82) is 0 Å². The lowest BCUT2D eigenvalue weighted by atomic mass is 10.0. The van der Waals surface area contributed by atoms with E-state index < -0.39 is 72.6 Å². The maximum Gasteiger partial charge on any atom is 0.305 e. The molecule has 23 heteroatoms. The zero-order chi connectivity index (χ0) is 46.2. The van der Waals surface area contributed by atoms with Gasteiger partial charge in [-0.1, -0.05) is 30.3 Å². The molecule has 2 rings (SSSR count). The fraction of sp³-hybridized carbons (Fsp3) is 0.625. The number of carboxylic acids is 1. The highest BCUT2D eigenvalue weighted by molar-refractivity contribution is 5.98. The first-order valence-corrected chi connectivity index (χ1v) is 20.9. The van der Waals surface area contributed by atoms with Gasteiger partial charge in [0.05, 0.1) is 65.8 Å². The largest absolute Gasteiger partial charge is 0.481 e. The minimum absolute atomic E-state index is 0.0352. The molecule has 1 aliphatic heterocycles. The van der Waals surface area contributed by atoms with E-state index >= 15 is 0 Å². The van der Waals surface area contributed by atoms with Crippen LogP contribution < -0.4 is 48.7 Å². The van der Waals surface area contributed by atoms with Crippen molar-refractivity contribution < 1.29 is 62.4 Å². The number of amides is 7. The van der Waals surface area contributed by atoms with E-state index in [9.17, 15) is 43.5 Å². The Kier molecular flexibility index (Phi) is 26.9. The molecule has 23 nitrogen and oxygen atoms in total. The maximum atomic E-state index is 13.9. The molecule has 0 bridgehead atoms. The number of rotatable bonds is 28. The van der Waals surface area contributed by atoms with Crippen molar-refractivity contribution in [3.8, 4) is 0 Å². The first-order valence-electron chi connectivity index (χ1n) is 20.9. The molecule has 0 saturated carbocycles. The summed E-state index contributed by atoms with van der Waals surface area (Å²) in [7, 11) is 0. The summed E-state index contributed by atoms with van der Waals surface area (Å²) >= 11 is 0. The SMILES string of the molecule is CC(=O)NCCOCCOCCOCCOCCC(=O)NCCCC[C@H]1NC(=O)[C@@H](CCCN=C(N)N)NC(=O)CNC(=O)[C@@H](CC(=O)O)NC(=O)[C@H](Cc2ccccc2)NC1=O. The molecular weight excluding hydrogens is 828 g/mol. The normalized spacial score (nSPS) is 18.6. The molecule has 1 heterocycles. The second kappa shape index (κ2) is 31.9. The number of nitrogens with two attached hydrogens (primary N) is 2. The summed E-state index contributed by atoms with van der Waals surface area (Å²) in [6, 6.07) is 3.31. The summed E-state index contributed by atoms with van der Waals surface area (Å²) in [5, 5.41) is 27.5. The number of guanidine groups is 1. The molecule has 1 aliphatic rings. The van der Waals surface area contributed by atoms with Gasteiger partial charge in [-0.05, 0) is 37.7 Å². The Morgan fingerprint density at radius 1 is 0.683 bits per heavy atom. The average molecular weight is 893 g/mol. The molecular formula is C40H64N10O13. The van der Waals surface area contributed by atoms with Crippen LogP contribution in [-0.4, -0.2) is 162 Å². The van der Waals surface area contributed by atoms with Crippen LogP contribution in [0.15, 0.2) is 35.3 Å². The zero-order valence-electron chi connectivity index (χ0n) is 35.8. The number of unbranched alkanes of at least 4 members (excludes halogenated alkanes) is 1. The van der Waals surface area contributed by atoms with Crippen LogP contribution in [0.3, 0.4) is 0 Å². The monoisotopic (exact) mass is 892 g/mol. The zero-order valence-corrected chi connectivity index (χ0v) is 35.8. The number of aliphatic carboxylic acids is 1. The lowest BCUT2D eigenvalue weighted by Crippen LogP contribution is -2.58. The van der Waals surface area contributed by atoms with E-state index in [-0.39, 0.29) is 76.2 Å². The number of carbonyl (C=O) groups excluding carboxylic acids is 7. The Balaban J connectivity index is 1.98. The van der Waals surface area contributed by atoms with E-state index in [0.29, 0.717) is 64.6 Å². The fourth-order valence-electron chi connectivity index (χ4n) is 5.85. The van der Waals surface area contributed by atoms with Gasteiger partial charge in [-0.25, -0.2) is 0 Å². The highest BCUT2D eigenvalue weighted by Crippen LogP contribution is 2.09. The number of benzene rings is 1. The Hall–Kier alpha value is -5.91. The predicted octanol–water partition coefficient (Wildman–Crippen LogP) is -3.29. The number of ether oxygens (including phenoxy) is 4. The smallest absolute Gasteiger partial charge is 0.305 e. The van der Waals surface area contributed by atoms with E-state index in [1.165, 1.54) is 6.92 Å². The molecule has 63 heavy (non-hydrogen) atoms. The summed E-state index contributed by atoms with van der Waals surface area (Å²) in [6.45, 7) is 4.28. The molecule has 1 saturated heterocycles. The Bertz CT molecular complexity index is 1630. The Morgan fingerprint density at radius 2 is 1.24 bits per heavy atom. The van der Waals surface area contributed by atoms with Crippen LogP contribution in [0.4, 0.5) is 0 Å². The van der Waals surface area contributed by atoms with Crippen LogP contribution in [0, 0.1) is 0 Å². The first kappa shape index (κ1) is 53.2. The summed E-state index contributed by atoms with van der Waals surface area (Å²) in [4.78, 5) is 106. The predicted molar refractivity (Wildman–Crippen MR) is 226 cm³/mol. The second-order valence-electron chi connectivity index (χ2n) is 14.3. The van der Waals surface area contributed by atoms with Gasteiger partial charge >= 0.3 is 5.97 Å². The molecule has 1 aromatic carbocycles. The number of carboxylic acid groups (broad SMARTS) is 1. The molecule has 352 valence electrons. The van der Waals surface area contributed by atoms with Crippen LogP contribution in [0.25, 0.3) is 0 Å². The van der Waals surface area contributed by atoms with E-state index in [1.54, 1.807) is 30.3 Å². The highest BCUT2D eigenvalue weighted by atomic mass is 16.6.